The molecular weight excluding hydrogens is 393 g/mol. The number of nitrogens with zero attached hydrogens (tertiary/aromatic N) is 4. The molecule has 3 heterocycles. The van der Waals surface area contributed by atoms with Crippen molar-refractivity contribution in [2.24, 2.45) is 7.05 Å². The predicted octanol–water partition coefficient (Wildman–Crippen LogP) is 2.59. The van der Waals surface area contributed by atoms with Crippen LogP contribution in [0.25, 0.3) is 0 Å². The second-order valence-electron chi connectivity index (χ2n) is 6.90. The molecule has 3 aromatic rings. The van der Waals surface area contributed by atoms with E-state index in [2.05, 4.69) is 15.3 Å². The summed E-state index contributed by atoms with van der Waals surface area (Å²) in [5.74, 6) is 0.0316. The Morgan fingerprint density at radius 3 is 2.97 bits per heavy atom. The minimum absolute atomic E-state index is 0.0643. The van der Waals surface area contributed by atoms with E-state index in [4.69, 9.17) is 0 Å². The zero-order valence-electron chi connectivity index (χ0n) is 15.8. The van der Waals surface area contributed by atoms with Gasteiger partial charge in [-0.2, -0.15) is 0 Å². The largest absolute Gasteiger partial charge is 0.342 e. The van der Waals surface area contributed by atoms with Gasteiger partial charge in [-0.3, -0.25) is 14.5 Å². The van der Waals surface area contributed by atoms with E-state index in [9.17, 15) is 14.0 Å². The maximum atomic E-state index is 13.8. The lowest BCUT2D eigenvalue weighted by Crippen LogP contribution is -2.32. The number of hydrogen-bond donors (Lipinski definition) is 1. The third-order valence-electron chi connectivity index (χ3n) is 4.79. The van der Waals surface area contributed by atoms with Crippen LogP contribution in [0.3, 0.4) is 0 Å². The maximum absolute atomic E-state index is 13.8. The smallest absolute Gasteiger partial charge is 0.228 e. The molecule has 1 aromatic carbocycles. The first-order chi connectivity index (χ1) is 14.0. The third kappa shape index (κ3) is 4.19. The maximum Gasteiger partial charge on any atom is 0.228 e. The molecule has 1 saturated heterocycles. The minimum Gasteiger partial charge on any atom is -0.342 e. The highest BCUT2D eigenvalue weighted by molar-refractivity contribution is 7.14. The number of halogens is 1. The lowest BCUT2D eigenvalue weighted by atomic mass is 10.1. The Balaban J connectivity index is 1.51. The average Bonchev–Trinajstić information content (AvgIpc) is 3.41. The second-order valence-corrected chi connectivity index (χ2v) is 7.74. The molecule has 2 aromatic heterocycles. The number of aromatic nitrogens is 3. The van der Waals surface area contributed by atoms with E-state index in [1.165, 1.54) is 23.5 Å². The van der Waals surface area contributed by atoms with E-state index < -0.39 is 6.04 Å². The van der Waals surface area contributed by atoms with Crippen molar-refractivity contribution in [2.75, 3.05) is 11.4 Å². The number of hydrogen-bond acceptors (Lipinski definition) is 5. The van der Waals surface area contributed by atoms with Gasteiger partial charge in [-0.05, 0) is 24.1 Å². The molecule has 1 fully saturated rings. The Morgan fingerprint density at radius 1 is 1.41 bits per heavy atom. The minimum atomic E-state index is -0.587. The molecule has 1 N–H and O–H groups in total. The Labute approximate surface area is 171 Å². The van der Waals surface area contributed by atoms with Gasteiger partial charge in [0.2, 0.25) is 11.8 Å². The number of amides is 2. The van der Waals surface area contributed by atoms with E-state index in [1.54, 1.807) is 39.4 Å². The number of carbonyl (C=O) groups excluding carboxylic acids is 2. The monoisotopic (exact) mass is 413 g/mol. The zero-order chi connectivity index (χ0) is 20.4. The summed E-state index contributed by atoms with van der Waals surface area (Å²) >= 11 is 1.36. The molecule has 29 heavy (non-hydrogen) atoms. The molecule has 0 spiro atoms. The molecule has 150 valence electrons. The van der Waals surface area contributed by atoms with Crippen LogP contribution in [-0.4, -0.2) is 32.9 Å². The van der Waals surface area contributed by atoms with Crippen molar-refractivity contribution < 1.29 is 14.0 Å². The number of anilines is 1. The van der Waals surface area contributed by atoms with Crippen LogP contribution in [0.1, 0.15) is 36.0 Å². The summed E-state index contributed by atoms with van der Waals surface area (Å²) in [6.45, 7) is 0.665. The van der Waals surface area contributed by atoms with Gasteiger partial charge in [0.05, 0.1) is 12.1 Å². The van der Waals surface area contributed by atoms with Crippen LogP contribution >= 0.6 is 11.3 Å². The average molecular weight is 413 g/mol. The molecular formula is C20H20FN5O2S. The molecule has 9 heteroatoms. The summed E-state index contributed by atoms with van der Waals surface area (Å²) in [6.07, 6.45) is 4.83. The van der Waals surface area contributed by atoms with E-state index in [0.717, 1.165) is 6.42 Å². The van der Waals surface area contributed by atoms with E-state index in [0.29, 0.717) is 35.2 Å². The first-order valence-corrected chi connectivity index (χ1v) is 10.2. The number of rotatable bonds is 6. The SMILES string of the molecule is Cn1ccnc1[C@H](NC(=O)Cc1csc(N2CCCC2=O)n1)c1cccc(F)c1. The lowest BCUT2D eigenvalue weighted by Gasteiger charge is -2.19. The van der Waals surface area contributed by atoms with Gasteiger partial charge in [0, 0.05) is 37.8 Å². The van der Waals surface area contributed by atoms with Crippen LogP contribution < -0.4 is 10.2 Å². The fraction of sp³-hybridized carbons (Fsp3) is 0.300. The summed E-state index contributed by atoms with van der Waals surface area (Å²) in [7, 11) is 1.82. The van der Waals surface area contributed by atoms with Gasteiger partial charge in [0.25, 0.3) is 0 Å². The van der Waals surface area contributed by atoms with Gasteiger partial charge in [-0.1, -0.05) is 12.1 Å². The molecule has 4 rings (SSSR count). The predicted molar refractivity (Wildman–Crippen MR) is 107 cm³/mol. The summed E-state index contributed by atoms with van der Waals surface area (Å²) in [5.41, 5.74) is 1.20. The van der Waals surface area contributed by atoms with Crippen LogP contribution in [0.5, 0.6) is 0 Å². The molecule has 1 aliphatic heterocycles. The van der Waals surface area contributed by atoms with Gasteiger partial charge < -0.3 is 9.88 Å². The highest BCUT2D eigenvalue weighted by Gasteiger charge is 2.25. The fourth-order valence-electron chi connectivity index (χ4n) is 3.37. The van der Waals surface area contributed by atoms with Gasteiger partial charge in [0.1, 0.15) is 17.7 Å². The quantitative estimate of drug-likeness (QED) is 0.674. The van der Waals surface area contributed by atoms with Crippen LogP contribution in [0.4, 0.5) is 9.52 Å². The summed E-state index contributed by atoms with van der Waals surface area (Å²) in [4.78, 5) is 35.0. The molecule has 0 aliphatic carbocycles. The van der Waals surface area contributed by atoms with Crippen molar-refractivity contribution in [3.8, 4) is 0 Å². The topological polar surface area (TPSA) is 80.1 Å². The van der Waals surface area contributed by atoms with Crippen molar-refractivity contribution in [1.29, 1.82) is 0 Å². The highest BCUT2D eigenvalue weighted by Crippen LogP contribution is 2.26. The van der Waals surface area contributed by atoms with Gasteiger partial charge >= 0.3 is 0 Å². The van der Waals surface area contributed by atoms with Crippen LogP contribution in [0, 0.1) is 5.82 Å². The number of thiazole rings is 1. The summed E-state index contributed by atoms with van der Waals surface area (Å²) in [5, 5.41) is 5.35. The fourth-order valence-corrected chi connectivity index (χ4v) is 4.23. The van der Waals surface area contributed by atoms with Crippen LogP contribution in [0.15, 0.2) is 42.0 Å². The molecule has 0 bridgehead atoms. The van der Waals surface area contributed by atoms with Crippen molar-refractivity contribution in [2.45, 2.75) is 25.3 Å². The van der Waals surface area contributed by atoms with Crippen molar-refractivity contribution in [3.05, 3.63) is 64.9 Å². The molecule has 1 atom stereocenters. The first kappa shape index (κ1) is 19.3. The van der Waals surface area contributed by atoms with Crippen LogP contribution in [-0.2, 0) is 23.1 Å². The van der Waals surface area contributed by atoms with E-state index in [1.807, 2.05) is 7.05 Å². The van der Waals surface area contributed by atoms with Crippen LogP contribution in [0.2, 0.25) is 0 Å². The van der Waals surface area contributed by atoms with E-state index in [-0.39, 0.29) is 24.1 Å². The Kier molecular flexibility index (Phi) is 5.39. The van der Waals surface area contributed by atoms with Crippen molar-refractivity contribution >= 4 is 28.3 Å². The number of carbonyl (C=O) groups is 2. The zero-order valence-corrected chi connectivity index (χ0v) is 16.7. The molecule has 2 amide bonds. The molecule has 0 unspecified atom stereocenters. The summed E-state index contributed by atoms with van der Waals surface area (Å²) in [6, 6.07) is 5.52. The third-order valence-corrected chi connectivity index (χ3v) is 5.70. The van der Waals surface area contributed by atoms with E-state index >= 15 is 0 Å². The Morgan fingerprint density at radius 2 is 2.28 bits per heavy atom. The second kappa shape index (κ2) is 8.12. The van der Waals surface area contributed by atoms with Gasteiger partial charge in [-0.15, -0.1) is 11.3 Å². The Hall–Kier alpha value is -3.07. The highest BCUT2D eigenvalue weighted by atomic mass is 32.1. The molecule has 7 nitrogen and oxygen atoms in total. The molecule has 1 aliphatic rings. The number of benzene rings is 1. The van der Waals surface area contributed by atoms with Crippen molar-refractivity contribution in [1.82, 2.24) is 19.9 Å². The Bertz CT molecular complexity index is 1050. The standard InChI is InChI=1S/C20H20FN5O2S/c1-25-9-7-22-19(25)18(13-4-2-5-14(21)10-13)24-16(27)11-15-12-29-20(23-15)26-8-3-6-17(26)28/h2,4-5,7,9-10,12,18H,3,6,8,11H2,1H3,(H,24,27)/t18-/m1/s1. The van der Waals surface area contributed by atoms with Gasteiger partial charge in [-0.25, -0.2) is 14.4 Å². The normalized spacial score (nSPS) is 15.0. The molecule has 0 saturated carbocycles. The summed E-state index contributed by atoms with van der Waals surface area (Å²) < 4.78 is 15.5. The number of aryl methyl sites for hydroxylation is 1. The molecule has 0 radical (unpaired) electrons. The number of nitrogens with one attached hydrogen (secondary N) is 1. The lowest BCUT2D eigenvalue weighted by molar-refractivity contribution is -0.121. The van der Waals surface area contributed by atoms with Crippen molar-refractivity contribution in [3.63, 3.8) is 0 Å². The first-order valence-electron chi connectivity index (χ1n) is 9.28. The number of imidazole rings is 1. The van der Waals surface area contributed by atoms with Gasteiger partial charge in [0.15, 0.2) is 5.13 Å².